The third kappa shape index (κ3) is 5.60. The molecule has 0 radical (unpaired) electrons. The van der Waals surface area contributed by atoms with Crippen LogP contribution in [-0.2, 0) is 21.5 Å². The SMILES string of the molecule is C=S1(=O)CC(C)(C)[C@H](C)/C=C/[C@@H](O)[C@@H]2CC[C@H]2CN2C[C@@]3(CCCc4cc(Cl)ccc43)COc3ccc(cc32)C(=O)N1. The van der Waals surface area contributed by atoms with Gasteiger partial charge in [0.05, 0.1) is 18.4 Å². The number of carbonyl (C=O) groups excluding carboxylic acids is 1. The Hall–Kier alpha value is -2.48. The number of allylic oxidation sites excluding steroid dienone is 1. The molecule has 2 aromatic carbocycles. The summed E-state index contributed by atoms with van der Waals surface area (Å²) in [6.07, 6.45) is 8.50. The zero-order chi connectivity index (χ0) is 29.9. The molecule has 1 spiro atoms. The minimum absolute atomic E-state index is 0.0337. The Kier molecular flexibility index (Phi) is 7.68. The Morgan fingerprint density at radius 1 is 1.17 bits per heavy atom. The maximum atomic E-state index is 13.6. The number of rotatable bonds is 0. The zero-order valence-electron chi connectivity index (χ0n) is 24.9. The van der Waals surface area contributed by atoms with E-state index in [2.05, 4.69) is 34.5 Å². The monoisotopic (exact) mass is 610 g/mol. The number of aliphatic hydroxyl groups is 1. The standard InChI is InChI=1S/C34H43ClN2O4S/c1-22-7-13-30(38)27-11-8-25(27)18-37-19-34(15-5-6-23-16-26(35)10-12-28(23)34)20-41-31-14-9-24(17-29(31)37)32(39)36-42(4,40)21-33(22,2)3/h7,9-10,12-14,16-17,22,25,27,30,38H,4-6,8,11,15,18-21H2,1-3H3,(H,36,39,40)/b13-7+/t22-,25+,27-,30-,34+,42?/m1/s1. The van der Waals surface area contributed by atoms with Crippen molar-refractivity contribution in [1.29, 1.82) is 0 Å². The van der Waals surface area contributed by atoms with Crippen molar-refractivity contribution in [2.45, 2.75) is 64.4 Å². The van der Waals surface area contributed by atoms with Crippen LogP contribution in [0.15, 0.2) is 48.6 Å². The van der Waals surface area contributed by atoms with Gasteiger partial charge in [0.25, 0.3) is 5.91 Å². The largest absolute Gasteiger partial charge is 0.490 e. The van der Waals surface area contributed by atoms with E-state index in [0.29, 0.717) is 18.1 Å². The topological polar surface area (TPSA) is 78.9 Å². The first-order chi connectivity index (χ1) is 19.9. The van der Waals surface area contributed by atoms with E-state index in [-0.39, 0.29) is 23.0 Å². The molecule has 2 aliphatic heterocycles. The third-order valence-electron chi connectivity index (χ3n) is 10.4. The van der Waals surface area contributed by atoms with Gasteiger partial charge in [0.15, 0.2) is 0 Å². The summed E-state index contributed by atoms with van der Waals surface area (Å²) in [5.74, 6) is 5.02. The van der Waals surface area contributed by atoms with Crippen LogP contribution in [0.5, 0.6) is 5.75 Å². The molecular weight excluding hydrogens is 568 g/mol. The lowest BCUT2D eigenvalue weighted by atomic mass is 9.68. The lowest BCUT2D eigenvalue weighted by molar-refractivity contribution is 0.0452. The summed E-state index contributed by atoms with van der Waals surface area (Å²) >= 11 is 6.40. The Balaban J connectivity index is 1.42. The smallest absolute Gasteiger partial charge is 0.262 e. The van der Waals surface area contributed by atoms with E-state index < -0.39 is 27.1 Å². The van der Waals surface area contributed by atoms with Gasteiger partial charge in [0.1, 0.15) is 5.75 Å². The molecule has 0 saturated heterocycles. The van der Waals surface area contributed by atoms with Gasteiger partial charge in [-0.05, 0) is 103 Å². The van der Waals surface area contributed by atoms with E-state index >= 15 is 0 Å². The van der Waals surface area contributed by atoms with Gasteiger partial charge >= 0.3 is 0 Å². The second kappa shape index (κ2) is 10.9. The summed E-state index contributed by atoms with van der Waals surface area (Å²) in [4.78, 5) is 15.9. The maximum Gasteiger partial charge on any atom is 0.262 e. The first kappa shape index (κ1) is 29.6. The molecule has 4 aliphatic rings. The molecule has 2 aliphatic carbocycles. The summed E-state index contributed by atoms with van der Waals surface area (Å²) in [5, 5.41) is 12.0. The number of hydrogen-bond donors (Lipinski definition) is 2. The number of halogens is 1. The van der Waals surface area contributed by atoms with E-state index in [0.717, 1.165) is 61.7 Å². The van der Waals surface area contributed by atoms with Crippen LogP contribution < -0.4 is 14.4 Å². The Labute approximate surface area is 255 Å². The van der Waals surface area contributed by atoms with Crippen LogP contribution in [0, 0.1) is 23.2 Å². The average Bonchev–Trinajstić information content (AvgIpc) is 3.05. The van der Waals surface area contributed by atoms with Crippen LogP contribution in [0.25, 0.3) is 0 Å². The van der Waals surface area contributed by atoms with Crippen molar-refractivity contribution in [3.63, 3.8) is 0 Å². The lowest BCUT2D eigenvalue weighted by Gasteiger charge is -2.45. The van der Waals surface area contributed by atoms with Gasteiger partial charge in [-0.15, -0.1) is 0 Å². The average molecular weight is 611 g/mol. The first-order valence-electron chi connectivity index (χ1n) is 15.2. The highest BCUT2D eigenvalue weighted by molar-refractivity contribution is 7.99. The number of anilines is 1. The molecular formula is C34H43ClN2O4S. The number of nitrogens with one attached hydrogen (secondary N) is 1. The van der Waals surface area contributed by atoms with Gasteiger partial charge in [-0.1, -0.05) is 50.6 Å². The Morgan fingerprint density at radius 3 is 2.74 bits per heavy atom. The Morgan fingerprint density at radius 2 is 1.98 bits per heavy atom. The van der Waals surface area contributed by atoms with E-state index in [4.69, 9.17) is 16.3 Å². The van der Waals surface area contributed by atoms with Crippen LogP contribution in [0.3, 0.4) is 0 Å². The molecule has 0 aromatic heterocycles. The van der Waals surface area contributed by atoms with Gasteiger partial charge in [-0.2, -0.15) is 0 Å². The van der Waals surface area contributed by atoms with Crippen molar-refractivity contribution in [3.8, 4) is 5.75 Å². The molecule has 8 heteroatoms. The molecule has 226 valence electrons. The van der Waals surface area contributed by atoms with Crippen LogP contribution in [0.1, 0.15) is 67.9 Å². The number of aliphatic hydroxyl groups excluding tert-OH is 1. The molecule has 6 rings (SSSR count). The normalized spacial score (nSPS) is 35.1. The second-order valence-electron chi connectivity index (χ2n) is 13.8. The second-order valence-corrected chi connectivity index (χ2v) is 16.4. The third-order valence-corrected chi connectivity index (χ3v) is 12.4. The molecule has 1 amide bonds. The van der Waals surface area contributed by atoms with E-state index in [9.17, 15) is 14.1 Å². The molecule has 1 saturated carbocycles. The molecule has 6 atom stereocenters. The molecule has 6 nitrogen and oxygen atoms in total. The number of carbonyl (C=O) groups is 1. The number of amides is 1. The quantitative estimate of drug-likeness (QED) is 0.291. The molecule has 1 unspecified atom stereocenters. The van der Waals surface area contributed by atoms with Crippen molar-refractivity contribution in [3.05, 3.63) is 70.3 Å². The molecule has 2 bridgehead atoms. The molecule has 2 N–H and O–H groups in total. The van der Waals surface area contributed by atoms with Crippen LogP contribution in [0.2, 0.25) is 5.02 Å². The van der Waals surface area contributed by atoms with Gasteiger partial charge < -0.3 is 14.7 Å². The Bertz CT molecular complexity index is 1520. The minimum Gasteiger partial charge on any atom is -0.490 e. The highest BCUT2D eigenvalue weighted by Gasteiger charge is 2.44. The van der Waals surface area contributed by atoms with Crippen molar-refractivity contribution in [1.82, 2.24) is 4.72 Å². The number of fused-ring (bicyclic) bond motifs is 4. The first-order valence-corrected chi connectivity index (χ1v) is 17.5. The van der Waals surface area contributed by atoms with Crippen LogP contribution >= 0.6 is 11.6 Å². The molecule has 1 fully saturated rings. The van der Waals surface area contributed by atoms with Gasteiger partial charge in [0, 0.05) is 44.6 Å². The van der Waals surface area contributed by atoms with E-state index in [1.165, 1.54) is 11.1 Å². The predicted molar refractivity (Wildman–Crippen MR) is 172 cm³/mol. The maximum absolute atomic E-state index is 13.6. The number of nitrogens with zero attached hydrogens (tertiary/aromatic N) is 1. The van der Waals surface area contributed by atoms with Gasteiger partial charge in [0.2, 0.25) is 0 Å². The number of hydrogen-bond acceptors (Lipinski definition) is 5. The fourth-order valence-electron chi connectivity index (χ4n) is 7.49. The predicted octanol–water partition coefficient (Wildman–Crippen LogP) is 5.79. The van der Waals surface area contributed by atoms with Gasteiger partial charge in [-0.3, -0.25) is 9.52 Å². The fraction of sp³-hybridized carbons (Fsp3) is 0.529. The number of benzene rings is 2. The van der Waals surface area contributed by atoms with E-state index in [1.807, 2.05) is 44.2 Å². The summed E-state index contributed by atoms with van der Waals surface area (Å²) in [6.45, 7) is 8.17. The highest BCUT2D eigenvalue weighted by atomic mass is 35.5. The summed E-state index contributed by atoms with van der Waals surface area (Å²) < 4.78 is 22.9. The van der Waals surface area contributed by atoms with Crippen LogP contribution in [-0.4, -0.2) is 52.6 Å². The number of ether oxygens (including phenoxy) is 1. The van der Waals surface area contributed by atoms with Crippen molar-refractivity contribution < 1.29 is 18.8 Å². The fourth-order valence-corrected chi connectivity index (χ4v) is 9.68. The minimum atomic E-state index is -2.92. The van der Waals surface area contributed by atoms with Crippen LogP contribution in [0.4, 0.5) is 5.69 Å². The molecule has 2 aromatic rings. The summed E-state index contributed by atoms with van der Waals surface area (Å²) in [7, 11) is -2.92. The zero-order valence-corrected chi connectivity index (χ0v) is 26.5. The van der Waals surface area contributed by atoms with Crippen molar-refractivity contribution in [2.24, 2.45) is 23.2 Å². The lowest BCUT2D eigenvalue weighted by Crippen LogP contribution is -2.49. The van der Waals surface area contributed by atoms with Gasteiger partial charge in [-0.25, -0.2) is 4.21 Å². The molecule has 2 heterocycles. The van der Waals surface area contributed by atoms with E-state index in [1.54, 1.807) is 6.07 Å². The summed E-state index contributed by atoms with van der Waals surface area (Å²) in [5.41, 5.74) is 3.26. The van der Waals surface area contributed by atoms with Crippen molar-refractivity contribution >= 4 is 38.8 Å². The highest BCUT2D eigenvalue weighted by Crippen LogP contribution is 2.47. The summed E-state index contributed by atoms with van der Waals surface area (Å²) in [6, 6.07) is 11.7. The van der Waals surface area contributed by atoms with Crippen molar-refractivity contribution in [2.75, 3.05) is 30.3 Å². The molecule has 42 heavy (non-hydrogen) atoms. The number of aryl methyl sites for hydroxylation is 1.